The molecular formula is C7H11N3O4. The van der Waals surface area contributed by atoms with Crippen molar-refractivity contribution in [3.05, 3.63) is 0 Å². The van der Waals surface area contributed by atoms with E-state index in [4.69, 9.17) is 0 Å². The summed E-state index contributed by atoms with van der Waals surface area (Å²) in [5, 5.41) is 6.89. The van der Waals surface area contributed by atoms with Gasteiger partial charge < -0.3 is 15.4 Å². The molecule has 1 rings (SSSR count). The molecule has 14 heavy (non-hydrogen) atoms. The second-order valence-electron chi connectivity index (χ2n) is 2.72. The Kier molecular flexibility index (Phi) is 3.27. The van der Waals surface area contributed by atoms with E-state index in [2.05, 4.69) is 20.7 Å². The van der Waals surface area contributed by atoms with Gasteiger partial charge >= 0.3 is 12.1 Å². The Morgan fingerprint density at radius 1 is 1.57 bits per heavy atom. The molecule has 7 heteroatoms. The SMILES string of the molecule is COC(=O)NCCC1NC(=O)NC1=O. The topological polar surface area (TPSA) is 96.5 Å². The number of rotatable bonds is 3. The molecule has 0 bridgehead atoms. The summed E-state index contributed by atoms with van der Waals surface area (Å²) in [4.78, 5) is 32.3. The van der Waals surface area contributed by atoms with Gasteiger partial charge in [0.15, 0.2) is 0 Å². The number of carbonyl (C=O) groups excluding carboxylic acids is 3. The summed E-state index contributed by atoms with van der Waals surface area (Å²) in [6, 6.07) is -1.07. The van der Waals surface area contributed by atoms with Crippen LogP contribution in [0.5, 0.6) is 0 Å². The van der Waals surface area contributed by atoms with Gasteiger partial charge in [0.1, 0.15) is 6.04 Å². The lowest BCUT2D eigenvalue weighted by molar-refractivity contribution is -0.120. The largest absolute Gasteiger partial charge is 0.453 e. The van der Waals surface area contributed by atoms with Crippen LogP contribution in [-0.2, 0) is 9.53 Å². The van der Waals surface area contributed by atoms with E-state index in [1.807, 2.05) is 0 Å². The highest BCUT2D eigenvalue weighted by Gasteiger charge is 2.28. The first kappa shape index (κ1) is 10.3. The highest BCUT2D eigenvalue weighted by atomic mass is 16.5. The third-order valence-electron chi connectivity index (χ3n) is 1.75. The second kappa shape index (κ2) is 4.45. The maximum Gasteiger partial charge on any atom is 0.406 e. The molecule has 3 N–H and O–H groups in total. The average molecular weight is 201 g/mol. The number of amides is 4. The molecule has 0 aromatic rings. The Labute approximate surface area is 80.2 Å². The van der Waals surface area contributed by atoms with Crippen LogP contribution in [0, 0.1) is 0 Å². The van der Waals surface area contributed by atoms with Gasteiger partial charge in [0.2, 0.25) is 0 Å². The van der Waals surface area contributed by atoms with E-state index >= 15 is 0 Å². The molecule has 1 aliphatic rings. The fourth-order valence-electron chi connectivity index (χ4n) is 1.05. The molecule has 0 radical (unpaired) electrons. The molecule has 4 amide bonds. The van der Waals surface area contributed by atoms with E-state index in [0.717, 1.165) is 0 Å². The Morgan fingerprint density at radius 2 is 2.29 bits per heavy atom. The van der Waals surface area contributed by atoms with Crippen LogP contribution in [0.2, 0.25) is 0 Å². The van der Waals surface area contributed by atoms with Crippen molar-refractivity contribution in [2.24, 2.45) is 0 Å². The minimum atomic E-state index is -0.570. The van der Waals surface area contributed by atoms with E-state index in [1.54, 1.807) is 0 Å². The summed E-state index contributed by atoms with van der Waals surface area (Å²) in [7, 11) is 1.25. The maximum absolute atomic E-state index is 11.0. The van der Waals surface area contributed by atoms with Crippen molar-refractivity contribution in [2.75, 3.05) is 13.7 Å². The summed E-state index contributed by atoms with van der Waals surface area (Å²) in [6.45, 7) is 0.269. The number of urea groups is 1. The van der Waals surface area contributed by atoms with Crippen LogP contribution in [0.3, 0.4) is 0 Å². The molecule has 78 valence electrons. The Morgan fingerprint density at radius 3 is 2.79 bits per heavy atom. The van der Waals surface area contributed by atoms with Crippen molar-refractivity contribution < 1.29 is 19.1 Å². The molecule has 1 saturated heterocycles. The van der Waals surface area contributed by atoms with Gasteiger partial charge in [-0.05, 0) is 6.42 Å². The lowest BCUT2D eigenvalue weighted by Gasteiger charge is -2.07. The maximum atomic E-state index is 11.0. The third kappa shape index (κ3) is 2.61. The number of hydrogen-bond acceptors (Lipinski definition) is 4. The number of alkyl carbamates (subject to hydrolysis) is 1. The molecular weight excluding hydrogens is 190 g/mol. The van der Waals surface area contributed by atoms with Gasteiger partial charge in [-0.2, -0.15) is 0 Å². The summed E-state index contributed by atoms with van der Waals surface area (Å²) in [5.74, 6) is -0.373. The molecule has 0 aliphatic carbocycles. The predicted molar refractivity (Wildman–Crippen MR) is 45.5 cm³/mol. The summed E-state index contributed by atoms with van der Waals surface area (Å²) in [6.07, 6.45) is -0.220. The molecule has 1 unspecified atom stereocenters. The fourth-order valence-corrected chi connectivity index (χ4v) is 1.05. The van der Waals surface area contributed by atoms with Crippen LogP contribution >= 0.6 is 0 Å². The fraction of sp³-hybridized carbons (Fsp3) is 0.571. The minimum Gasteiger partial charge on any atom is -0.453 e. The van der Waals surface area contributed by atoms with E-state index in [0.29, 0.717) is 6.42 Å². The smallest absolute Gasteiger partial charge is 0.406 e. The van der Waals surface area contributed by atoms with E-state index in [-0.39, 0.29) is 12.5 Å². The first-order valence-electron chi connectivity index (χ1n) is 4.06. The standard InChI is InChI=1S/C7H11N3O4/c1-14-7(13)8-3-2-4-5(11)10-6(12)9-4/h4H,2-3H2,1H3,(H,8,13)(H2,9,10,11,12). The Balaban J connectivity index is 2.22. The van der Waals surface area contributed by atoms with Crippen LogP contribution in [-0.4, -0.2) is 37.7 Å². The normalized spacial score (nSPS) is 19.9. The van der Waals surface area contributed by atoms with Crippen molar-refractivity contribution in [2.45, 2.75) is 12.5 Å². The molecule has 1 atom stereocenters. The lowest BCUT2D eigenvalue weighted by atomic mass is 10.2. The molecule has 1 aliphatic heterocycles. The zero-order chi connectivity index (χ0) is 10.6. The number of imide groups is 1. The molecule has 7 nitrogen and oxygen atoms in total. The van der Waals surface area contributed by atoms with Crippen LogP contribution in [0.25, 0.3) is 0 Å². The van der Waals surface area contributed by atoms with Gasteiger partial charge in [0, 0.05) is 6.54 Å². The van der Waals surface area contributed by atoms with Gasteiger partial charge in [-0.15, -0.1) is 0 Å². The van der Waals surface area contributed by atoms with Crippen LogP contribution in [0.1, 0.15) is 6.42 Å². The number of ether oxygens (including phenoxy) is 1. The number of methoxy groups -OCH3 is 1. The number of hydrogen-bond donors (Lipinski definition) is 3. The zero-order valence-corrected chi connectivity index (χ0v) is 7.62. The van der Waals surface area contributed by atoms with Crippen molar-refractivity contribution in [1.29, 1.82) is 0 Å². The van der Waals surface area contributed by atoms with Crippen molar-refractivity contribution in [3.63, 3.8) is 0 Å². The van der Waals surface area contributed by atoms with Gasteiger partial charge in [-0.3, -0.25) is 10.1 Å². The second-order valence-corrected chi connectivity index (χ2v) is 2.72. The van der Waals surface area contributed by atoms with Crippen molar-refractivity contribution in [3.8, 4) is 0 Å². The van der Waals surface area contributed by atoms with Gasteiger partial charge in [0.05, 0.1) is 7.11 Å². The summed E-state index contributed by atoms with van der Waals surface area (Å²) in [5.41, 5.74) is 0. The van der Waals surface area contributed by atoms with E-state index in [1.165, 1.54) is 7.11 Å². The monoisotopic (exact) mass is 201 g/mol. The van der Waals surface area contributed by atoms with Crippen LogP contribution in [0.15, 0.2) is 0 Å². The quantitative estimate of drug-likeness (QED) is 0.507. The molecule has 0 saturated carbocycles. The zero-order valence-electron chi connectivity index (χ0n) is 7.62. The molecule has 1 fully saturated rings. The van der Waals surface area contributed by atoms with Crippen molar-refractivity contribution in [1.82, 2.24) is 16.0 Å². The third-order valence-corrected chi connectivity index (χ3v) is 1.75. The molecule has 0 spiro atoms. The number of nitrogens with one attached hydrogen (secondary N) is 3. The van der Waals surface area contributed by atoms with Crippen LogP contribution in [0.4, 0.5) is 9.59 Å². The Bertz CT molecular complexity index is 266. The molecule has 1 heterocycles. The van der Waals surface area contributed by atoms with Crippen molar-refractivity contribution >= 4 is 18.0 Å². The first-order chi connectivity index (χ1) is 6.63. The van der Waals surface area contributed by atoms with Crippen LogP contribution < -0.4 is 16.0 Å². The number of carbonyl (C=O) groups is 3. The lowest BCUT2D eigenvalue weighted by Crippen LogP contribution is -2.34. The Hall–Kier alpha value is -1.79. The highest BCUT2D eigenvalue weighted by molar-refractivity contribution is 6.04. The van der Waals surface area contributed by atoms with Gasteiger partial charge in [-0.1, -0.05) is 0 Å². The van der Waals surface area contributed by atoms with E-state index < -0.39 is 18.2 Å². The van der Waals surface area contributed by atoms with Gasteiger partial charge in [-0.25, -0.2) is 9.59 Å². The minimum absolute atomic E-state index is 0.269. The predicted octanol–water partition coefficient (Wildman–Crippen LogP) is -1.06. The first-order valence-corrected chi connectivity index (χ1v) is 4.06. The highest BCUT2D eigenvalue weighted by Crippen LogP contribution is 1.97. The summed E-state index contributed by atoms with van der Waals surface area (Å²) >= 11 is 0. The molecule has 0 aromatic carbocycles. The summed E-state index contributed by atoms with van der Waals surface area (Å²) < 4.78 is 4.32. The van der Waals surface area contributed by atoms with Gasteiger partial charge in [0.25, 0.3) is 5.91 Å². The molecule has 0 aromatic heterocycles. The average Bonchev–Trinajstić information content (AvgIpc) is 2.45. The van der Waals surface area contributed by atoms with E-state index in [9.17, 15) is 14.4 Å².